The Morgan fingerprint density at radius 3 is 2.76 bits per heavy atom. The molecule has 88 valence electrons. The van der Waals surface area contributed by atoms with Crippen LogP contribution in [0.25, 0.3) is 0 Å². The smallest absolute Gasteiger partial charge is 0.238 e. The largest absolute Gasteiger partial charge is 0.436 e. The van der Waals surface area contributed by atoms with Crippen LogP contribution in [0.15, 0.2) is 39.5 Å². The van der Waals surface area contributed by atoms with Gasteiger partial charge in [-0.25, -0.2) is 4.98 Å². The van der Waals surface area contributed by atoms with Crippen LogP contribution in [0.2, 0.25) is 0 Å². The normalized spacial score (nSPS) is 10.3. The SMILES string of the molecule is OCc1cncc(Oc2ccc(Br)cc2Br)n1. The summed E-state index contributed by atoms with van der Waals surface area (Å²) < 4.78 is 7.31. The Labute approximate surface area is 115 Å². The lowest BCUT2D eigenvalue weighted by atomic mass is 10.3. The van der Waals surface area contributed by atoms with E-state index >= 15 is 0 Å². The van der Waals surface area contributed by atoms with E-state index in [1.807, 2.05) is 18.2 Å². The van der Waals surface area contributed by atoms with Crippen LogP contribution in [-0.2, 0) is 6.61 Å². The topological polar surface area (TPSA) is 55.2 Å². The third-order valence-electron chi connectivity index (χ3n) is 1.93. The van der Waals surface area contributed by atoms with E-state index in [4.69, 9.17) is 9.84 Å². The van der Waals surface area contributed by atoms with Gasteiger partial charge in [0.05, 0.1) is 29.2 Å². The molecule has 0 fully saturated rings. The van der Waals surface area contributed by atoms with Gasteiger partial charge in [-0.15, -0.1) is 0 Å². The van der Waals surface area contributed by atoms with Crippen LogP contribution < -0.4 is 4.74 Å². The van der Waals surface area contributed by atoms with E-state index in [-0.39, 0.29) is 6.61 Å². The van der Waals surface area contributed by atoms with Gasteiger partial charge in [0.15, 0.2) is 0 Å². The molecule has 1 heterocycles. The first-order valence-corrected chi connectivity index (χ1v) is 6.32. The Balaban J connectivity index is 2.25. The van der Waals surface area contributed by atoms with Crippen molar-refractivity contribution >= 4 is 31.9 Å². The minimum absolute atomic E-state index is 0.161. The second-order valence-corrected chi connectivity index (χ2v) is 4.95. The molecule has 0 amide bonds. The van der Waals surface area contributed by atoms with Gasteiger partial charge in [-0.05, 0) is 34.1 Å². The van der Waals surface area contributed by atoms with Crippen molar-refractivity contribution in [3.8, 4) is 11.6 Å². The van der Waals surface area contributed by atoms with E-state index in [9.17, 15) is 0 Å². The van der Waals surface area contributed by atoms with Crippen molar-refractivity contribution in [2.45, 2.75) is 6.61 Å². The Morgan fingerprint density at radius 2 is 2.06 bits per heavy atom. The van der Waals surface area contributed by atoms with E-state index in [1.165, 1.54) is 12.4 Å². The lowest BCUT2D eigenvalue weighted by Gasteiger charge is -2.07. The maximum absolute atomic E-state index is 8.95. The zero-order valence-electron chi connectivity index (χ0n) is 8.60. The van der Waals surface area contributed by atoms with Crippen molar-refractivity contribution in [3.63, 3.8) is 0 Å². The van der Waals surface area contributed by atoms with E-state index in [2.05, 4.69) is 41.8 Å². The van der Waals surface area contributed by atoms with Crippen molar-refractivity contribution in [3.05, 3.63) is 45.2 Å². The van der Waals surface area contributed by atoms with Crippen molar-refractivity contribution in [2.24, 2.45) is 0 Å². The van der Waals surface area contributed by atoms with Gasteiger partial charge in [0.25, 0.3) is 0 Å². The second kappa shape index (κ2) is 5.57. The summed E-state index contributed by atoms with van der Waals surface area (Å²) in [7, 11) is 0. The lowest BCUT2D eigenvalue weighted by molar-refractivity contribution is 0.274. The molecule has 2 aromatic rings. The van der Waals surface area contributed by atoms with Crippen LogP contribution in [0.3, 0.4) is 0 Å². The fourth-order valence-electron chi connectivity index (χ4n) is 1.18. The molecule has 0 saturated heterocycles. The van der Waals surface area contributed by atoms with Gasteiger partial charge in [0.2, 0.25) is 5.88 Å². The molecule has 4 nitrogen and oxygen atoms in total. The fourth-order valence-corrected chi connectivity index (χ4v) is 2.31. The van der Waals surface area contributed by atoms with Crippen molar-refractivity contribution in [1.82, 2.24) is 9.97 Å². The summed E-state index contributed by atoms with van der Waals surface area (Å²) in [5, 5.41) is 8.95. The number of hydrogen-bond donors (Lipinski definition) is 1. The summed E-state index contributed by atoms with van der Waals surface area (Å²) >= 11 is 6.75. The van der Waals surface area contributed by atoms with Crippen LogP contribution in [-0.4, -0.2) is 15.1 Å². The predicted molar refractivity (Wildman–Crippen MR) is 69.9 cm³/mol. The van der Waals surface area contributed by atoms with Crippen LogP contribution >= 0.6 is 31.9 Å². The first-order valence-electron chi connectivity index (χ1n) is 4.73. The molecule has 0 bridgehead atoms. The molecular weight excluding hydrogens is 352 g/mol. The maximum atomic E-state index is 8.95. The molecule has 6 heteroatoms. The number of rotatable bonds is 3. The summed E-state index contributed by atoms with van der Waals surface area (Å²) in [6.45, 7) is -0.161. The summed E-state index contributed by atoms with van der Waals surface area (Å²) in [5.41, 5.74) is 0.468. The fraction of sp³-hybridized carbons (Fsp3) is 0.0909. The van der Waals surface area contributed by atoms with Crippen LogP contribution in [0.1, 0.15) is 5.69 Å². The second-order valence-electron chi connectivity index (χ2n) is 3.18. The highest BCUT2D eigenvalue weighted by Gasteiger charge is 2.05. The Morgan fingerprint density at radius 1 is 1.24 bits per heavy atom. The average molecular weight is 360 g/mol. The minimum Gasteiger partial charge on any atom is -0.436 e. The highest BCUT2D eigenvalue weighted by Crippen LogP contribution is 2.31. The van der Waals surface area contributed by atoms with Gasteiger partial charge < -0.3 is 9.84 Å². The zero-order chi connectivity index (χ0) is 12.3. The van der Waals surface area contributed by atoms with Crippen molar-refractivity contribution in [1.29, 1.82) is 0 Å². The van der Waals surface area contributed by atoms with Gasteiger partial charge in [-0.1, -0.05) is 15.9 Å². The Bertz CT molecular complexity index is 535. The number of aliphatic hydroxyl groups is 1. The number of hydrogen-bond acceptors (Lipinski definition) is 4. The third-order valence-corrected chi connectivity index (χ3v) is 3.05. The van der Waals surface area contributed by atoms with E-state index in [1.54, 1.807) is 0 Å². The number of nitrogens with zero attached hydrogens (tertiary/aromatic N) is 2. The molecule has 2 rings (SSSR count). The molecule has 0 aliphatic carbocycles. The zero-order valence-corrected chi connectivity index (χ0v) is 11.8. The molecule has 0 aliphatic rings. The first-order chi connectivity index (χ1) is 8.19. The third kappa shape index (κ3) is 3.24. The maximum Gasteiger partial charge on any atom is 0.238 e. The molecule has 1 aromatic heterocycles. The molecule has 0 saturated carbocycles. The quantitative estimate of drug-likeness (QED) is 0.913. The van der Waals surface area contributed by atoms with Crippen LogP contribution in [0, 0.1) is 0 Å². The van der Waals surface area contributed by atoms with Gasteiger partial charge in [-0.2, -0.15) is 0 Å². The van der Waals surface area contributed by atoms with Gasteiger partial charge >= 0.3 is 0 Å². The van der Waals surface area contributed by atoms with E-state index < -0.39 is 0 Å². The van der Waals surface area contributed by atoms with E-state index in [0.717, 1.165) is 8.95 Å². The molecule has 0 radical (unpaired) electrons. The Kier molecular flexibility index (Phi) is 4.09. The monoisotopic (exact) mass is 358 g/mol. The summed E-state index contributed by atoms with van der Waals surface area (Å²) in [6, 6.07) is 5.55. The number of benzene rings is 1. The van der Waals surface area contributed by atoms with Crippen molar-refractivity contribution in [2.75, 3.05) is 0 Å². The van der Waals surface area contributed by atoms with Gasteiger partial charge in [0, 0.05) is 4.47 Å². The highest BCUT2D eigenvalue weighted by molar-refractivity contribution is 9.11. The molecule has 17 heavy (non-hydrogen) atoms. The predicted octanol–water partition coefficient (Wildman–Crippen LogP) is 3.29. The van der Waals surface area contributed by atoms with Crippen LogP contribution in [0.5, 0.6) is 11.6 Å². The highest BCUT2D eigenvalue weighted by atomic mass is 79.9. The number of ether oxygens (including phenoxy) is 1. The molecule has 0 aliphatic heterocycles. The van der Waals surface area contributed by atoms with Crippen molar-refractivity contribution < 1.29 is 9.84 Å². The number of halogens is 2. The molecule has 1 N–H and O–H groups in total. The molecule has 0 atom stereocenters. The standard InChI is InChI=1S/C11H8Br2N2O2/c12-7-1-2-10(9(13)3-7)17-11-5-14-4-8(6-16)15-11/h1-5,16H,6H2. The van der Waals surface area contributed by atoms with Gasteiger partial charge in [0.1, 0.15) is 5.75 Å². The first kappa shape index (κ1) is 12.5. The minimum atomic E-state index is -0.161. The summed E-state index contributed by atoms with van der Waals surface area (Å²) in [4.78, 5) is 8.01. The summed E-state index contributed by atoms with van der Waals surface area (Å²) in [5.74, 6) is 0.983. The van der Waals surface area contributed by atoms with E-state index in [0.29, 0.717) is 17.3 Å². The number of aliphatic hydroxyl groups excluding tert-OH is 1. The lowest BCUT2D eigenvalue weighted by Crippen LogP contribution is -1.95. The van der Waals surface area contributed by atoms with Gasteiger partial charge in [-0.3, -0.25) is 4.98 Å². The van der Waals surface area contributed by atoms with Crippen LogP contribution in [0.4, 0.5) is 0 Å². The molecule has 1 aromatic carbocycles. The summed E-state index contributed by atoms with van der Waals surface area (Å²) in [6.07, 6.45) is 2.98. The molecule has 0 unspecified atom stereocenters. The molecular formula is C11H8Br2N2O2. The average Bonchev–Trinajstić information content (AvgIpc) is 2.33. The Hall–Kier alpha value is -0.980. The molecule has 0 spiro atoms. The number of aromatic nitrogens is 2.